The van der Waals surface area contributed by atoms with Crippen LogP contribution in [-0.4, -0.2) is 36.1 Å². The molecule has 194 valence electrons. The van der Waals surface area contributed by atoms with E-state index in [1.54, 1.807) is 4.90 Å². The van der Waals surface area contributed by atoms with Gasteiger partial charge >= 0.3 is 0 Å². The number of amides is 2. The lowest BCUT2D eigenvalue weighted by Crippen LogP contribution is -2.51. The third kappa shape index (κ3) is 7.59. The van der Waals surface area contributed by atoms with Gasteiger partial charge in [0.2, 0.25) is 18.6 Å². The maximum atomic E-state index is 13.8. The van der Waals surface area contributed by atoms with E-state index in [2.05, 4.69) is 35.1 Å². The smallest absolute Gasteiger partial charge is 0.243 e. The summed E-state index contributed by atoms with van der Waals surface area (Å²) in [4.78, 5) is 29.0. The van der Waals surface area contributed by atoms with Crippen LogP contribution in [0.2, 0.25) is 0 Å². The number of halogens is 1. The first-order valence-corrected chi connectivity index (χ1v) is 13.4. The van der Waals surface area contributed by atoms with Gasteiger partial charge in [-0.05, 0) is 53.3 Å². The molecule has 0 unspecified atom stereocenters. The molecule has 1 N–H and O–H groups in total. The van der Waals surface area contributed by atoms with E-state index in [4.69, 9.17) is 9.47 Å². The first-order chi connectivity index (χ1) is 17.9. The molecule has 0 saturated heterocycles. The highest BCUT2D eigenvalue weighted by Gasteiger charge is 2.30. The first-order valence-electron chi connectivity index (χ1n) is 12.6. The van der Waals surface area contributed by atoms with Gasteiger partial charge < -0.3 is 19.7 Å². The molecule has 1 aliphatic rings. The fraction of sp³-hybridized carbons (Fsp3) is 0.333. The zero-order chi connectivity index (χ0) is 26.2. The van der Waals surface area contributed by atoms with Crippen LogP contribution in [-0.2, 0) is 29.0 Å². The van der Waals surface area contributed by atoms with E-state index in [0.717, 1.165) is 26.9 Å². The van der Waals surface area contributed by atoms with Crippen LogP contribution in [0.1, 0.15) is 37.0 Å². The maximum Gasteiger partial charge on any atom is 0.243 e. The molecule has 0 spiro atoms. The Bertz CT molecular complexity index is 1220. The molecular weight excluding hydrogens is 532 g/mol. The summed E-state index contributed by atoms with van der Waals surface area (Å²) in [5, 5.41) is 3.06. The van der Waals surface area contributed by atoms with Crippen molar-refractivity contribution in [1.82, 2.24) is 10.2 Å². The molecule has 3 aromatic carbocycles. The Hall–Kier alpha value is -3.32. The van der Waals surface area contributed by atoms with Crippen molar-refractivity contribution in [3.8, 4) is 11.5 Å². The molecule has 0 aliphatic carbocycles. The van der Waals surface area contributed by atoms with Crippen LogP contribution in [0.4, 0.5) is 0 Å². The Morgan fingerprint density at radius 1 is 0.919 bits per heavy atom. The minimum absolute atomic E-state index is 0.0710. The van der Waals surface area contributed by atoms with Crippen LogP contribution in [0.5, 0.6) is 11.5 Å². The van der Waals surface area contributed by atoms with Gasteiger partial charge in [-0.15, -0.1) is 0 Å². The van der Waals surface area contributed by atoms with Gasteiger partial charge in [0.25, 0.3) is 0 Å². The van der Waals surface area contributed by atoms with E-state index in [-0.39, 0.29) is 25.0 Å². The summed E-state index contributed by atoms with van der Waals surface area (Å²) in [5.41, 5.74) is 2.96. The number of nitrogens with zero attached hydrogens (tertiary/aromatic N) is 1. The first kappa shape index (κ1) is 26.7. The fourth-order valence-corrected chi connectivity index (χ4v) is 4.75. The van der Waals surface area contributed by atoms with Crippen molar-refractivity contribution in [3.63, 3.8) is 0 Å². The molecule has 4 rings (SSSR count). The summed E-state index contributed by atoms with van der Waals surface area (Å²) in [6, 6.07) is 22.8. The van der Waals surface area contributed by atoms with Gasteiger partial charge in [-0.25, -0.2) is 0 Å². The van der Waals surface area contributed by atoms with Crippen LogP contribution in [0.15, 0.2) is 77.3 Å². The monoisotopic (exact) mass is 564 g/mol. The molecule has 7 heteroatoms. The van der Waals surface area contributed by atoms with Crippen molar-refractivity contribution in [2.75, 3.05) is 13.3 Å². The Morgan fingerprint density at radius 3 is 2.43 bits per heavy atom. The number of ether oxygens (including phenoxy) is 2. The van der Waals surface area contributed by atoms with Crippen LogP contribution in [0.3, 0.4) is 0 Å². The zero-order valence-corrected chi connectivity index (χ0v) is 22.9. The molecule has 1 heterocycles. The summed E-state index contributed by atoms with van der Waals surface area (Å²) in [6.45, 7) is 5.22. The van der Waals surface area contributed by atoms with Crippen molar-refractivity contribution in [2.45, 2.75) is 45.7 Å². The number of hydrogen-bond donors (Lipinski definition) is 1. The Morgan fingerprint density at radius 2 is 1.68 bits per heavy atom. The number of aryl methyl sites for hydroxylation is 1. The minimum Gasteiger partial charge on any atom is -0.454 e. The van der Waals surface area contributed by atoms with Crippen LogP contribution in [0, 0.1) is 5.92 Å². The highest BCUT2D eigenvalue weighted by molar-refractivity contribution is 9.10. The number of hydrogen-bond acceptors (Lipinski definition) is 4. The molecular formula is C30H33BrN2O4. The molecule has 1 aliphatic heterocycles. The minimum atomic E-state index is -0.635. The van der Waals surface area contributed by atoms with Gasteiger partial charge in [0, 0.05) is 30.4 Å². The largest absolute Gasteiger partial charge is 0.454 e. The molecule has 2 amide bonds. The standard InChI is InChI=1S/C30H33BrN2O4/c1-21(2)18-32-30(35)26(16-22-7-4-3-5-8-22)33(19-24-9-6-10-25(31)15-24)29(34)14-12-23-11-13-27-28(17-23)37-20-36-27/h3-11,13,15,17,21,26H,12,14,16,18-20H2,1-2H3,(H,32,35)/t26-/m0/s1. The van der Waals surface area contributed by atoms with Crippen molar-refractivity contribution in [1.29, 1.82) is 0 Å². The molecule has 0 aromatic heterocycles. The lowest BCUT2D eigenvalue weighted by molar-refractivity contribution is -0.141. The number of carbonyl (C=O) groups is 2. The molecule has 37 heavy (non-hydrogen) atoms. The van der Waals surface area contributed by atoms with Gasteiger partial charge in [0.1, 0.15) is 6.04 Å². The lowest BCUT2D eigenvalue weighted by atomic mass is 10.0. The zero-order valence-electron chi connectivity index (χ0n) is 21.3. The quantitative estimate of drug-likeness (QED) is 0.333. The van der Waals surface area contributed by atoms with E-state index >= 15 is 0 Å². The van der Waals surface area contributed by atoms with Gasteiger partial charge in [-0.2, -0.15) is 0 Å². The number of rotatable bonds is 11. The maximum absolute atomic E-state index is 13.8. The Labute approximate surface area is 227 Å². The second-order valence-corrected chi connectivity index (χ2v) is 10.6. The lowest BCUT2D eigenvalue weighted by Gasteiger charge is -2.32. The third-order valence-corrected chi connectivity index (χ3v) is 6.76. The van der Waals surface area contributed by atoms with E-state index in [1.165, 1.54) is 0 Å². The van der Waals surface area contributed by atoms with E-state index in [1.807, 2.05) is 72.8 Å². The van der Waals surface area contributed by atoms with Crippen molar-refractivity contribution < 1.29 is 19.1 Å². The summed E-state index contributed by atoms with van der Waals surface area (Å²) < 4.78 is 11.8. The second-order valence-electron chi connectivity index (χ2n) is 9.68. The second kappa shape index (κ2) is 12.8. The molecule has 1 atom stereocenters. The van der Waals surface area contributed by atoms with E-state index in [0.29, 0.717) is 37.6 Å². The average molecular weight is 566 g/mol. The molecule has 0 bridgehead atoms. The van der Waals surface area contributed by atoms with Crippen LogP contribution < -0.4 is 14.8 Å². The number of benzene rings is 3. The molecule has 0 fully saturated rings. The van der Waals surface area contributed by atoms with E-state index < -0.39 is 6.04 Å². The summed E-state index contributed by atoms with van der Waals surface area (Å²) in [7, 11) is 0. The van der Waals surface area contributed by atoms with Crippen LogP contribution >= 0.6 is 15.9 Å². The van der Waals surface area contributed by atoms with Gasteiger partial charge in [-0.3, -0.25) is 9.59 Å². The van der Waals surface area contributed by atoms with E-state index in [9.17, 15) is 9.59 Å². The normalized spacial score (nSPS) is 12.9. The van der Waals surface area contributed by atoms with Gasteiger partial charge in [0.15, 0.2) is 11.5 Å². The topological polar surface area (TPSA) is 67.9 Å². The van der Waals surface area contributed by atoms with Gasteiger partial charge in [0.05, 0.1) is 0 Å². The molecule has 6 nitrogen and oxygen atoms in total. The Balaban J connectivity index is 1.59. The van der Waals surface area contributed by atoms with Gasteiger partial charge in [-0.1, -0.05) is 78.3 Å². The molecule has 3 aromatic rings. The predicted octanol–water partition coefficient (Wildman–Crippen LogP) is 5.52. The van der Waals surface area contributed by atoms with Crippen molar-refractivity contribution in [3.05, 3.63) is 94.0 Å². The number of nitrogens with one attached hydrogen (secondary N) is 1. The summed E-state index contributed by atoms with van der Waals surface area (Å²) in [6.07, 6.45) is 1.25. The summed E-state index contributed by atoms with van der Waals surface area (Å²) >= 11 is 3.53. The van der Waals surface area contributed by atoms with Crippen molar-refractivity contribution >= 4 is 27.7 Å². The Kier molecular flexibility index (Phi) is 9.23. The number of carbonyl (C=O) groups excluding carboxylic acids is 2. The number of fused-ring (bicyclic) bond motifs is 1. The fourth-order valence-electron chi connectivity index (χ4n) is 4.30. The molecule has 0 saturated carbocycles. The average Bonchev–Trinajstić information content (AvgIpc) is 3.36. The summed E-state index contributed by atoms with van der Waals surface area (Å²) in [5.74, 6) is 1.52. The highest BCUT2D eigenvalue weighted by Crippen LogP contribution is 2.33. The molecule has 0 radical (unpaired) electrons. The SMILES string of the molecule is CC(C)CNC(=O)[C@H](Cc1ccccc1)N(Cc1cccc(Br)c1)C(=O)CCc1ccc2c(c1)OCO2. The third-order valence-electron chi connectivity index (χ3n) is 6.26. The van der Waals surface area contributed by atoms with Crippen molar-refractivity contribution in [2.24, 2.45) is 5.92 Å². The predicted molar refractivity (Wildman–Crippen MR) is 147 cm³/mol. The highest BCUT2D eigenvalue weighted by atomic mass is 79.9. The van der Waals surface area contributed by atoms with Crippen LogP contribution in [0.25, 0.3) is 0 Å².